The van der Waals surface area contributed by atoms with E-state index in [1.165, 1.54) is 25.7 Å². The second-order valence-electron chi connectivity index (χ2n) is 5.10. The Balaban J connectivity index is 2.18. The molecule has 1 saturated carbocycles. The Bertz CT molecular complexity index is 213. The lowest BCUT2D eigenvalue weighted by molar-refractivity contribution is -0.122. The molecule has 1 aliphatic carbocycles. The molecule has 0 bridgehead atoms. The molecule has 0 spiro atoms. The van der Waals surface area contributed by atoms with Gasteiger partial charge in [-0.05, 0) is 26.9 Å². The lowest BCUT2D eigenvalue weighted by Crippen LogP contribution is -2.42. The fourth-order valence-electron chi connectivity index (χ4n) is 2.32. The van der Waals surface area contributed by atoms with Crippen molar-refractivity contribution < 1.29 is 4.79 Å². The Labute approximate surface area is 105 Å². The molecule has 1 amide bonds. The van der Waals surface area contributed by atoms with Crippen molar-refractivity contribution in [3.05, 3.63) is 0 Å². The van der Waals surface area contributed by atoms with Gasteiger partial charge in [0.1, 0.15) is 0 Å². The van der Waals surface area contributed by atoms with Crippen molar-refractivity contribution in [2.24, 2.45) is 0 Å². The van der Waals surface area contributed by atoms with Gasteiger partial charge in [0.15, 0.2) is 0 Å². The summed E-state index contributed by atoms with van der Waals surface area (Å²) >= 11 is 0. The number of nitrogens with one attached hydrogen (secondary N) is 2. The molecule has 4 heteroatoms. The summed E-state index contributed by atoms with van der Waals surface area (Å²) in [5.41, 5.74) is 0. The van der Waals surface area contributed by atoms with Crippen LogP contribution in [0.2, 0.25) is 0 Å². The first-order valence-electron chi connectivity index (χ1n) is 6.85. The lowest BCUT2D eigenvalue weighted by atomic mass is 10.1. The van der Waals surface area contributed by atoms with Gasteiger partial charge in [0.05, 0.1) is 6.54 Å². The first-order valence-corrected chi connectivity index (χ1v) is 6.85. The fourth-order valence-corrected chi connectivity index (χ4v) is 2.32. The molecule has 0 aromatic carbocycles. The Morgan fingerprint density at radius 1 is 1.24 bits per heavy atom. The van der Waals surface area contributed by atoms with Crippen LogP contribution in [0.25, 0.3) is 0 Å². The molecule has 0 unspecified atom stereocenters. The Morgan fingerprint density at radius 3 is 2.47 bits per heavy atom. The van der Waals surface area contributed by atoms with Crippen LogP contribution in [-0.4, -0.2) is 50.6 Å². The van der Waals surface area contributed by atoms with Gasteiger partial charge in [0, 0.05) is 19.1 Å². The molecule has 0 radical (unpaired) electrons. The van der Waals surface area contributed by atoms with Crippen LogP contribution in [0, 0.1) is 0 Å². The van der Waals surface area contributed by atoms with Gasteiger partial charge in [-0.25, -0.2) is 0 Å². The predicted molar refractivity (Wildman–Crippen MR) is 71.1 cm³/mol. The first kappa shape index (κ1) is 14.5. The molecule has 1 aliphatic rings. The van der Waals surface area contributed by atoms with Crippen LogP contribution in [0.5, 0.6) is 0 Å². The van der Waals surface area contributed by atoms with E-state index in [0.717, 1.165) is 25.9 Å². The normalized spacial score (nSPS) is 18.1. The molecular weight excluding hydrogens is 214 g/mol. The summed E-state index contributed by atoms with van der Waals surface area (Å²) in [6.07, 6.45) is 7.50. The maximum atomic E-state index is 11.8. The number of nitrogens with zero attached hydrogens (tertiary/aromatic N) is 1. The van der Waals surface area contributed by atoms with E-state index in [0.29, 0.717) is 12.6 Å². The van der Waals surface area contributed by atoms with Crippen molar-refractivity contribution in [3.63, 3.8) is 0 Å². The summed E-state index contributed by atoms with van der Waals surface area (Å²) in [6.45, 7) is 2.35. The van der Waals surface area contributed by atoms with E-state index in [1.807, 2.05) is 14.1 Å². The zero-order chi connectivity index (χ0) is 12.5. The highest BCUT2D eigenvalue weighted by Gasteiger charge is 2.15. The number of rotatable bonds is 6. The van der Waals surface area contributed by atoms with Crippen molar-refractivity contribution in [3.8, 4) is 0 Å². The monoisotopic (exact) mass is 241 g/mol. The largest absolute Gasteiger partial charge is 0.352 e. The summed E-state index contributed by atoms with van der Waals surface area (Å²) in [6, 6.07) is 0.419. The van der Waals surface area contributed by atoms with E-state index >= 15 is 0 Å². The fraction of sp³-hybridized carbons (Fsp3) is 0.923. The highest BCUT2D eigenvalue weighted by atomic mass is 16.2. The van der Waals surface area contributed by atoms with Gasteiger partial charge in [-0.1, -0.05) is 25.7 Å². The maximum Gasteiger partial charge on any atom is 0.234 e. The minimum Gasteiger partial charge on any atom is -0.352 e. The topological polar surface area (TPSA) is 44.4 Å². The van der Waals surface area contributed by atoms with Crippen LogP contribution in [-0.2, 0) is 4.79 Å². The Kier molecular flexibility index (Phi) is 7.21. The lowest BCUT2D eigenvalue weighted by Gasteiger charge is -2.20. The van der Waals surface area contributed by atoms with E-state index in [-0.39, 0.29) is 5.91 Å². The summed E-state index contributed by atoms with van der Waals surface area (Å²) < 4.78 is 0. The minimum atomic E-state index is 0.176. The third kappa shape index (κ3) is 6.64. The van der Waals surface area contributed by atoms with Crippen molar-refractivity contribution in [1.82, 2.24) is 15.5 Å². The number of hydrogen-bond donors (Lipinski definition) is 2. The molecule has 0 aromatic heterocycles. The van der Waals surface area contributed by atoms with Crippen LogP contribution in [0.1, 0.15) is 38.5 Å². The van der Waals surface area contributed by atoms with Gasteiger partial charge in [-0.2, -0.15) is 0 Å². The molecule has 2 N–H and O–H groups in total. The zero-order valence-corrected chi connectivity index (χ0v) is 11.3. The second-order valence-corrected chi connectivity index (χ2v) is 5.10. The predicted octanol–water partition coefficient (Wildman–Crippen LogP) is 0.977. The van der Waals surface area contributed by atoms with Crippen molar-refractivity contribution in [2.45, 2.75) is 44.6 Å². The highest BCUT2D eigenvalue weighted by Crippen LogP contribution is 2.16. The molecular formula is C13H27N3O. The van der Waals surface area contributed by atoms with E-state index in [1.54, 1.807) is 0 Å². The van der Waals surface area contributed by atoms with Crippen LogP contribution in [0.4, 0.5) is 0 Å². The van der Waals surface area contributed by atoms with Gasteiger partial charge >= 0.3 is 0 Å². The molecule has 0 aromatic rings. The SMILES string of the molecule is CNCCN(C)CC(=O)NC1CCCCCC1. The van der Waals surface area contributed by atoms with E-state index in [9.17, 15) is 4.79 Å². The molecule has 0 saturated heterocycles. The van der Waals surface area contributed by atoms with Crippen molar-refractivity contribution in [2.75, 3.05) is 33.7 Å². The number of carbonyl (C=O) groups is 1. The summed E-state index contributed by atoms with van der Waals surface area (Å²) in [4.78, 5) is 13.9. The van der Waals surface area contributed by atoms with Crippen LogP contribution >= 0.6 is 0 Å². The van der Waals surface area contributed by atoms with Crippen LogP contribution in [0.15, 0.2) is 0 Å². The van der Waals surface area contributed by atoms with E-state index < -0.39 is 0 Å². The molecule has 0 aliphatic heterocycles. The van der Waals surface area contributed by atoms with Gasteiger partial charge < -0.3 is 10.6 Å². The highest BCUT2D eigenvalue weighted by molar-refractivity contribution is 5.78. The molecule has 17 heavy (non-hydrogen) atoms. The number of carbonyl (C=O) groups excluding carboxylic acids is 1. The maximum absolute atomic E-state index is 11.8. The summed E-state index contributed by atoms with van der Waals surface area (Å²) in [5.74, 6) is 0.176. The average molecular weight is 241 g/mol. The summed E-state index contributed by atoms with van der Waals surface area (Å²) in [7, 11) is 3.92. The van der Waals surface area contributed by atoms with Crippen molar-refractivity contribution >= 4 is 5.91 Å². The quantitative estimate of drug-likeness (QED) is 0.681. The molecule has 0 atom stereocenters. The third-order valence-corrected chi connectivity index (χ3v) is 3.38. The van der Waals surface area contributed by atoms with Crippen LogP contribution < -0.4 is 10.6 Å². The van der Waals surface area contributed by atoms with E-state index in [2.05, 4.69) is 15.5 Å². The molecule has 1 rings (SSSR count). The molecule has 4 nitrogen and oxygen atoms in total. The number of hydrogen-bond acceptors (Lipinski definition) is 3. The van der Waals surface area contributed by atoms with Gasteiger partial charge in [0.2, 0.25) is 5.91 Å². The third-order valence-electron chi connectivity index (χ3n) is 3.38. The molecule has 100 valence electrons. The number of likely N-dealkylation sites (N-methyl/N-ethyl adjacent to an activating group) is 2. The smallest absolute Gasteiger partial charge is 0.234 e. The molecule has 0 heterocycles. The zero-order valence-electron chi connectivity index (χ0n) is 11.3. The first-order chi connectivity index (χ1) is 8.22. The Morgan fingerprint density at radius 2 is 1.88 bits per heavy atom. The van der Waals surface area contributed by atoms with Crippen molar-refractivity contribution in [1.29, 1.82) is 0 Å². The van der Waals surface area contributed by atoms with Gasteiger partial charge in [-0.3, -0.25) is 9.69 Å². The Hall–Kier alpha value is -0.610. The van der Waals surface area contributed by atoms with Gasteiger partial charge in [0.25, 0.3) is 0 Å². The van der Waals surface area contributed by atoms with Gasteiger partial charge in [-0.15, -0.1) is 0 Å². The second kappa shape index (κ2) is 8.48. The summed E-state index contributed by atoms with van der Waals surface area (Å²) in [5, 5.41) is 6.25. The molecule has 1 fully saturated rings. The van der Waals surface area contributed by atoms with Crippen LogP contribution in [0.3, 0.4) is 0 Å². The average Bonchev–Trinajstić information content (AvgIpc) is 2.54. The minimum absolute atomic E-state index is 0.176. The standard InChI is InChI=1S/C13H27N3O/c1-14-9-10-16(2)11-13(17)15-12-7-5-3-4-6-8-12/h12,14H,3-11H2,1-2H3,(H,15,17). The number of amides is 1. The van der Waals surface area contributed by atoms with E-state index in [4.69, 9.17) is 0 Å².